The van der Waals surface area contributed by atoms with Crippen molar-refractivity contribution >= 4 is 17.3 Å². The maximum Gasteiger partial charge on any atom is 0.323 e. The topological polar surface area (TPSA) is 73.6 Å². The van der Waals surface area contributed by atoms with Crippen LogP contribution >= 0.6 is 11.3 Å². The average Bonchev–Trinajstić information content (AvgIpc) is 3.43. The van der Waals surface area contributed by atoms with Crippen LogP contribution in [0.3, 0.4) is 0 Å². The fourth-order valence-electron chi connectivity index (χ4n) is 3.46. The van der Waals surface area contributed by atoms with Gasteiger partial charge in [-0.3, -0.25) is 4.79 Å². The molecule has 0 aliphatic carbocycles. The minimum Gasteiger partial charge on any atom is -0.493 e. The third-order valence-electron chi connectivity index (χ3n) is 5.11. The monoisotopic (exact) mass is 426 g/mol. The van der Waals surface area contributed by atoms with E-state index in [2.05, 4.69) is 10.3 Å². The molecule has 7 heteroatoms. The van der Waals surface area contributed by atoms with Crippen LogP contribution in [0, 0.1) is 6.92 Å². The van der Waals surface area contributed by atoms with Crippen molar-refractivity contribution in [2.45, 2.75) is 45.3 Å². The fraction of sp³-hybridized carbons (Fsp3) is 0.391. The van der Waals surface area contributed by atoms with E-state index in [1.165, 1.54) is 0 Å². The Hall–Kier alpha value is -2.64. The van der Waals surface area contributed by atoms with Crippen LogP contribution in [0.15, 0.2) is 46.2 Å². The lowest BCUT2D eigenvalue weighted by molar-refractivity contribution is -0.148. The van der Waals surface area contributed by atoms with Crippen LogP contribution in [0.4, 0.5) is 0 Å². The van der Waals surface area contributed by atoms with E-state index < -0.39 is 0 Å². The number of nitrogens with one attached hydrogen (secondary N) is 1. The van der Waals surface area contributed by atoms with Crippen molar-refractivity contribution in [2.24, 2.45) is 0 Å². The first-order valence-electron chi connectivity index (χ1n) is 10.3. The molecule has 2 aromatic heterocycles. The van der Waals surface area contributed by atoms with Gasteiger partial charge in [-0.15, -0.1) is 11.3 Å². The van der Waals surface area contributed by atoms with Crippen molar-refractivity contribution in [1.82, 2.24) is 10.3 Å². The number of hydrogen-bond donors (Lipinski definition) is 1. The quantitative estimate of drug-likeness (QED) is 0.534. The molecule has 3 heterocycles. The molecule has 1 aromatic carbocycles. The highest BCUT2D eigenvalue weighted by Crippen LogP contribution is 2.26. The summed E-state index contributed by atoms with van der Waals surface area (Å²) < 4.78 is 17.1. The van der Waals surface area contributed by atoms with E-state index in [0.717, 1.165) is 53.5 Å². The maximum atomic E-state index is 12.2. The Labute approximate surface area is 180 Å². The van der Waals surface area contributed by atoms with Crippen molar-refractivity contribution in [3.8, 4) is 16.5 Å². The van der Waals surface area contributed by atoms with Crippen LogP contribution in [0.25, 0.3) is 10.8 Å². The molecule has 1 aliphatic heterocycles. The second kappa shape index (κ2) is 9.91. The molecule has 1 unspecified atom stereocenters. The molecule has 1 atom stereocenters. The summed E-state index contributed by atoms with van der Waals surface area (Å²) in [5.41, 5.74) is 1.82. The number of oxazole rings is 1. The molecular formula is C23H26N2O4S. The Morgan fingerprint density at radius 2 is 2.23 bits per heavy atom. The van der Waals surface area contributed by atoms with E-state index in [1.807, 2.05) is 48.7 Å². The van der Waals surface area contributed by atoms with E-state index in [9.17, 15) is 4.79 Å². The smallest absolute Gasteiger partial charge is 0.323 e. The van der Waals surface area contributed by atoms with E-state index in [0.29, 0.717) is 18.9 Å². The van der Waals surface area contributed by atoms with Gasteiger partial charge >= 0.3 is 5.97 Å². The van der Waals surface area contributed by atoms with Gasteiger partial charge in [0, 0.05) is 6.42 Å². The number of thiophene rings is 1. The summed E-state index contributed by atoms with van der Waals surface area (Å²) in [6.07, 6.45) is 3.69. The van der Waals surface area contributed by atoms with E-state index in [-0.39, 0.29) is 18.6 Å². The molecule has 1 aliphatic rings. The number of carbonyl (C=O) groups is 1. The summed E-state index contributed by atoms with van der Waals surface area (Å²) in [6.45, 7) is 3.55. The molecule has 0 saturated carbocycles. The summed E-state index contributed by atoms with van der Waals surface area (Å²) in [5.74, 6) is 2.05. The van der Waals surface area contributed by atoms with E-state index in [1.54, 1.807) is 11.3 Å². The van der Waals surface area contributed by atoms with Gasteiger partial charge in [0.25, 0.3) is 0 Å². The zero-order valence-corrected chi connectivity index (χ0v) is 17.9. The van der Waals surface area contributed by atoms with Crippen molar-refractivity contribution in [3.63, 3.8) is 0 Å². The summed E-state index contributed by atoms with van der Waals surface area (Å²) in [4.78, 5) is 17.8. The number of aryl methyl sites for hydroxylation is 1. The predicted molar refractivity (Wildman–Crippen MR) is 116 cm³/mol. The van der Waals surface area contributed by atoms with Gasteiger partial charge in [0.2, 0.25) is 5.89 Å². The molecule has 0 bridgehead atoms. The van der Waals surface area contributed by atoms with Gasteiger partial charge in [0.05, 0.1) is 17.2 Å². The van der Waals surface area contributed by atoms with Crippen molar-refractivity contribution in [3.05, 3.63) is 58.8 Å². The number of esters is 1. The third kappa shape index (κ3) is 5.29. The first kappa shape index (κ1) is 20.6. The molecule has 4 rings (SSSR count). The Balaban J connectivity index is 1.27. The Morgan fingerprint density at radius 3 is 3.03 bits per heavy atom. The lowest BCUT2D eigenvalue weighted by atomic mass is 10.1. The largest absolute Gasteiger partial charge is 0.493 e. The van der Waals surface area contributed by atoms with Crippen molar-refractivity contribution in [1.29, 1.82) is 0 Å². The molecule has 3 aromatic rings. The van der Waals surface area contributed by atoms with Crippen LogP contribution in [0.2, 0.25) is 0 Å². The predicted octanol–water partition coefficient (Wildman–Crippen LogP) is 4.52. The van der Waals surface area contributed by atoms with Gasteiger partial charge in [-0.05, 0) is 55.5 Å². The maximum absolute atomic E-state index is 12.2. The number of piperidine rings is 1. The van der Waals surface area contributed by atoms with Gasteiger partial charge < -0.3 is 19.2 Å². The standard InChI is InChI=1S/C23H26N2O4S/c1-16-19(25-22(29-16)21-9-5-13-30-21)10-12-27-18-7-4-6-17(14-18)15-28-23(26)20-8-2-3-11-24-20/h4-7,9,13-14,20,24H,2-3,8,10-12,15H2,1H3. The molecule has 1 fully saturated rings. The molecule has 158 valence electrons. The number of rotatable bonds is 8. The number of aromatic nitrogens is 1. The molecule has 6 nitrogen and oxygen atoms in total. The van der Waals surface area contributed by atoms with Gasteiger partial charge in [-0.2, -0.15) is 0 Å². The first-order valence-corrected chi connectivity index (χ1v) is 11.2. The first-order chi connectivity index (χ1) is 14.7. The number of hydrogen-bond acceptors (Lipinski definition) is 7. The van der Waals surface area contributed by atoms with Crippen LogP contribution in [0.5, 0.6) is 5.75 Å². The molecule has 0 spiro atoms. The summed E-state index contributed by atoms with van der Waals surface area (Å²) in [6, 6.07) is 11.5. The average molecular weight is 427 g/mol. The van der Waals surface area contributed by atoms with E-state index in [4.69, 9.17) is 13.9 Å². The third-order valence-corrected chi connectivity index (χ3v) is 5.96. The number of nitrogens with zero attached hydrogens (tertiary/aromatic N) is 1. The zero-order valence-electron chi connectivity index (χ0n) is 17.1. The number of ether oxygens (including phenoxy) is 2. The Morgan fingerprint density at radius 1 is 1.30 bits per heavy atom. The van der Waals surface area contributed by atoms with E-state index >= 15 is 0 Å². The van der Waals surface area contributed by atoms with Crippen molar-refractivity contribution < 1.29 is 18.7 Å². The molecule has 0 radical (unpaired) electrons. The Kier molecular flexibility index (Phi) is 6.81. The number of benzene rings is 1. The van der Waals surface area contributed by atoms with Crippen LogP contribution < -0.4 is 10.1 Å². The highest BCUT2D eigenvalue weighted by molar-refractivity contribution is 7.13. The molecular weight excluding hydrogens is 400 g/mol. The lowest BCUT2D eigenvalue weighted by Crippen LogP contribution is -2.41. The van der Waals surface area contributed by atoms with Gasteiger partial charge in [0.1, 0.15) is 24.2 Å². The minimum atomic E-state index is -0.178. The highest BCUT2D eigenvalue weighted by atomic mass is 32.1. The Bertz CT molecular complexity index is 962. The van der Waals surface area contributed by atoms with Gasteiger partial charge in [-0.25, -0.2) is 4.98 Å². The van der Waals surface area contributed by atoms with Crippen LogP contribution in [-0.4, -0.2) is 30.1 Å². The minimum absolute atomic E-state index is 0.177. The fourth-order valence-corrected chi connectivity index (χ4v) is 4.11. The number of carbonyl (C=O) groups excluding carboxylic acids is 1. The van der Waals surface area contributed by atoms with Crippen LogP contribution in [-0.2, 0) is 22.6 Å². The SMILES string of the molecule is Cc1oc(-c2cccs2)nc1CCOc1cccc(COC(=O)C2CCCCN2)c1. The van der Waals surface area contributed by atoms with Gasteiger partial charge in [-0.1, -0.05) is 24.6 Å². The summed E-state index contributed by atoms with van der Waals surface area (Å²) in [7, 11) is 0. The second-order valence-electron chi connectivity index (χ2n) is 7.36. The molecule has 1 saturated heterocycles. The van der Waals surface area contributed by atoms with Crippen LogP contribution in [0.1, 0.15) is 36.3 Å². The zero-order chi connectivity index (χ0) is 20.8. The summed E-state index contributed by atoms with van der Waals surface area (Å²) in [5, 5.41) is 5.22. The molecule has 1 N–H and O–H groups in total. The molecule has 30 heavy (non-hydrogen) atoms. The van der Waals surface area contributed by atoms with Crippen molar-refractivity contribution in [2.75, 3.05) is 13.2 Å². The molecule has 0 amide bonds. The summed E-state index contributed by atoms with van der Waals surface area (Å²) >= 11 is 1.61. The second-order valence-corrected chi connectivity index (χ2v) is 8.30. The lowest BCUT2D eigenvalue weighted by Gasteiger charge is -2.21. The highest BCUT2D eigenvalue weighted by Gasteiger charge is 2.21. The van der Waals surface area contributed by atoms with Gasteiger partial charge in [0.15, 0.2) is 0 Å². The normalized spacial score (nSPS) is 16.4.